The van der Waals surface area contributed by atoms with E-state index in [1.807, 2.05) is 0 Å². The number of carbonyl (C=O) groups excluding carboxylic acids is 1. The van der Waals surface area contributed by atoms with Gasteiger partial charge < -0.3 is 5.32 Å². The summed E-state index contributed by atoms with van der Waals surface area (Å²) in [6, 6.07) is 8.24. The number of amides is 1. The van der Waals surface area contributed by atoms with Crippen LogP contribution in [0, 0.1) is 0 Å². The molecule has 0 fully saturated rings. The lowest BCUT2D eigenvalue weighted by molar-refractivity contribution is -0.269. The minimum Gasteiger partial charge on any atom is -0.324 e. The van der Waals surface area contributed by atoms with Crippen molar-refractivity contribution in [2.45, 2.75) is 18.7 Å². The molecule has 0 spiro atoms. The Kier molecular flexibility index (Phi) is 5.61. The van der Waals surface area contributed by atoms with Crippen molar-refractivity contribution < 1.29 is 22.8 Å². The summed E-state index contributed by atoms with van der Waals surface area (Å²) in [5, 5.41) is 6.73. The number of rotatable bonds is 4. The van der Waals surface area contributed by atoms with E-state index in [2.05, 4.69) is 20.9 Å². The van der Waals surface area contributed by atoms with Gasteiger partial charge in [-0.25, -0.2) is 9.67 Å². The summed E-state index contributed by atoms with van der Waals surface area (Å²) in [5.41, 5.74) is 0.403. The second kappa shape index (κ2) is 8.12. The summed E-state index contributed by atoms with van der Waals surface area (Å²) in [6.07, 6.45) is -1.20. The van der Waals surface area contributed by atoms with E-state index in [1.165, 1.54) is 36.4 Å². The molecule has 1 aliphatic heterocycles. The number of aromatic nitrogens is 3. The molecule has 0 saturated heterocycles. The zero-order valence-corrected chi connectivity index (χ0v) is 17.8. The number of nitrogens with zero attached hydrogens (tertiary/aromatic N) is 3. The Morgan fingerprint density at radius 1 is 1.19 bits per heavy atom. The van der Waals surface area contributed by atoms with Gasteiger partial charge in [-0.2, -0.15) is 18.3 Å². The number of hydrogen-bond acceptors (Lipinski definition) is 5. The van der Waals surface area contributed by atoms with E-state index in [9.17, 15) is 18.0 Å². The van der Waals surface area contributed by atoms with Crippen LogP contribution in [0.3, 0.4) is 0 Å². The maximum Gasteiger partial charge on any atom is 0.428 e. The lowest BCUT2D eigenvalue weighted by Crippen LogP contribution is -2.42. The molecule has 1 atom stereocenters. The van der Waals surface area contributed by atoms with E-state index in [4.69, 9.17) is 28.0 Å². The molecule has 2 N–H and O–H groups in total. The second-order valence-corrected chi connectivity index (χ2v) is 7.78. The second-order valence-electron chi connectivity index (χ2n) is 6.91. The molecule has 2 heterocycles. The van der Waals surface area contributed by atoms with Crippen LogP contribution in [0.4, 0.5) is 18.9 Å². The molecule has 7 nitrogen and oxygen atoms in total. The van der Waals surface area contributed by atoms with Crippen LogP contribution in [0.1, 0.15) is 18.1 Å². The highest BCUT2D eigenvalue weighted by Gasteiger charge is 2.59. The van der Waals surface area contributed by atoms with E-state index in [-0.39, 0.29) is 27.2 Å². The van der Waals surface area contributed by atoms with Crippen molar-refractivity contribution in [1.29, 1.82) is 0 Å². The molecule has 2 aromatic carbocycles. The van der Waals surface area contributed by atoms with Crippen LogP contribution in [0.15, 0.2) is 55.1 Å². The normalized spacial score (nSPS) is 18.2. The standard InChI is InChI=1S/C20H14Cl2F3N5O2/c1-11(31)28-16-4-12(2-3-18(16)30-10-26-9-27-30)17-8-19(32-29-17,20(23,24)25)13-5-14(21)7-15(22)6-13/h2-10,29H,1H3,(H,28,31). The van der Waals surface area contributed by atoms with Crippen LogP contribution >= 0.6 is 23.2 Å². The highest BCUT2D eigenvalue weighted by atomic mass is 35.5. The van der Waals surface area contributed by atoms with E-state index in [0.717, 1.165) is 18.2 Å². The fourth-order valence-electron chi connectivity index (χ4n) is 3.28. The molecular formula is C20H14Cl2F3N5O2. The van der Waals surface area contributed by atoms with Crippen molar-refractivity contribution in [1.82, 2.24) is 20.2 Å². The van der Waals surface area contributed by atoms with Gasteiger partial charge in [0.15, 0.2) is 0 Å². The molecule has 1 unspecified atom stereocenters. The van der Waals surface area contributed by atoms with E-state index in [0.29, 0.717) is 16.9 Å². The Morgan fingerprint density at radius 3 is 2.50 bits per heavy atom. The number of hydrogen-bond donors (Lipinski definition) is 2. The molecule has 12 heteroatoms. The molecule has 4 rings (SSSR count). The van der Waals surface area contributed by atoms with Gasteiger partial charge in [0, 0.05) is 28.1 Å². The van der Waals surface area contributed by atoms with Gasteiger partial charge in [0.1, 0.15) is 12.7 Å². The number of benzene rings is 2. The Balaban J connectivity index is 1.82. The first kappa shape index (κ1) is 22.1. The molecule has 1 amide bonds. The Hall–Kier alpha value is -3.08. The largest absolute Gasteiger partial charge is 0.428 e. The van der Waals surface area contributed by atoms with Crippen molar-refractivity contribution in [2.75, 3.05) is 5.32 Å². The minimum absolute atomic E-state index is 0.0340. The smallest absolute Gasteiger partial charge is 0.324 e. The summed E-state index contributed by atoms with van der Waals surface area (Å²) >= 11 is 11.9. The van der Waals surface area contributed by atoms with Crippen molar-refractivity contribution in [3.8, 4) is 5.69 Å². The van der Waals surface area contributed by atoms with Crippen LogP contribution in [0.2, 0.25) is 10.0 Å². The monoisotopic (exact) mass is 483 g/mol. The van der Waals surface area contributed by atoms with E-state index in [1.54, 1.807) is 12.1 Å². The maximum absolute atomic E-state index is 14.2. The fourth-order valence-corrected chi connectivity index (χ4v) is 3.81. The first-order valence-corrected chi connectivity index (χ1v) is 9.82. The van der Waals surface area contributed by atoms with Gasteiger partial charge in [0.05, 0.1) is 17.1 Å². The molecule has 1 aliphatic rings. The number of hydroxylamine groups is 1. The van der Waals surface area contributed by atoms with Crippen molar-refractivity contribution in [2.24, 2.45) is 0 Å². The number of nitrogens with one attached hydrogen (secondary N) is 2. The van der Waals surface area contributed by atoms with Crippen molar-refractivity contribution >= 4 is 40.5 Å². The van der Waals surface area contributed by atoms with Crippen LogP contribution in [-0.4, -0.2) is 26.8 Å². The SMILES string of the molecule is CC(=O)Nc1cc(C2=CC(c3cc(Cl)cc(Cl)c3)(C(F)(F)F)ON2)ccc1-n1cncn1. The highest BCUT2D eigenvalue weighted by molar-refractivity contribution is 6.34. The minimum atomic E-state index is -4.84. The Labute approximate surface area is 189 Å². The van der Waals surface area contributed by atoms with Gasteiger partial charge in [0.25, 0.3) is 0 Å². The first-order chi connectivity index (χ1) is 15.1. The quantitative estimate of drug-likeness (QED) is 0.553. The van der Waals surface area contributed by atoms with Gasteiger partial charge in [-0.3, -0.25) is 15.1 Å². The summed E-state index contributed by atoms with van der Waals surface area (Å²) in [5.74, 6) is -0.369. The molecule has 0 saturated carbocycles. The molecule has 32 heavy (non-hydrogen) atoms. The topological polar surface area (TPSA) is 81.1 Å². The Morgan fingerprint density at radius 2 is 1.91 bits per heavy atom. The lowest BCUT2D eigenvalue weighted by atomic mass is 9.91. The summed E-state index contributed by atoms with van der Waals surface area (Å²) < 4.78 is 44.0. The molecule has 1 aromatic heterocycles. The molecule has 0 aliphatic carbocycles. The van der Waals surface area contributed by atoms with Crippen LogP contribution in [0.25, 0.3) is 11.4 Å². The summed E-state index contributed by atoms with van der Waals surface area (Å²) in [6.45, 7) is 1.31. The molecule has 3 aromatic rings. The molecule has 0 bridgehead atoms. The third kappa shape index (κ3) is 4.04. The average Bonchev–Trinajstić information content (AvgIpc) is 3.37. The zero-order chi connectivity index (χ0) is 23.1. The number of anilines is 1. The highest BCUT2D eigenvalue weighted by Crippen LogP contribution is 2.48. The predicted molar refractivity (Wildman–Crippen MR) is 112 cm³/mol. The zero-order valence-electron chi connectivity index (χ0n) is 16.2. The molecular weight excluding hydrogens is 470 g/mol. The van der Waals surface area contributed by atoms with Crippen LogP contribution in [0.5, 0.6) is 0 Å². The maximum atomic E-state index is 14.2. The number of alkyl halides is 3. The van der Waals surface area contributed by atoms with Crippen LogP contribution < -0.4 is 10.8 Å². The van der Waals surface area contributed by atoms with E-state index >= 15 is 0 Å². The van der Waals surface area contributed by atoms with Gasteiger partial charge in [0.2, 0.25) is 11.5 Å². The van der Waals surface area contributed by atoms with Crippen LogP contribution in [-0.2, 0) is 15.2 Å². The average molecular weight is 484 g/mol. The summed E-state index contributed by atoms with van der Waals surface area (Å²) in [4.78, 5) is 20.6. The van der Waals surface area contributed by atoms with E-state index < -0.39 is 11.8 Å². The fraction of sp³-hybridized carbons (Fsp3) is 0.150. The van der Waals surface area contributed by atoms with Crippen molar-refractivity contribution in [3.63, 3.8) is 0 Å². The first-order valence-electron chi connectivity index (χ1n) is 9.06. The molecule has 0 radical (unpaired) electrons. The van der Waals surface area contributed by atoms with Crippen molar-refractivity contribution in [3.05, 3.63) is 76.3 Å². The van der Waals surface area contributed by atoms with Gasteiger partial charge in [-0.15, -0.1) is 0 Å². The lowest BCUT2D eigenvalue weighted by Gasteiger charge is -2.28. The van der Waals surface area contributed by atoms with Gasteiger partial charge in [-0.1, -0.05) is 29.3 Å². The van der Waals surface area contributed by atoms with Gasteiger partial charge in [-0.05, 0) is 36.4 Å². The summed E-state index contributed by atoms with van der Waals surface area (Å²) in [7, 11) is 0. The Bertz CT molecular complexity index is 1190. The third-order valence-electron chi connectivity index (χ3n) is 4.67. The van der Waals surface area contributed by atoms with Gasteiger partial charge >= 0.3 is 6.18 Å². The third-order valence-corrected chi connectivity index (χ3v) is 5.10. The number of halogens is 5. The molecule has 166 valence electrons. The number of carbonyl (C=O) groups is 1. The predicted octanol–water partition coefficient (Wildman–Crippen LogP) is 4.87.